The molecule has 18 heavy (non-hydrogen) atoms. The first-order chi connectivity index (χ1) is 8.54. The molecule has 1 aromatic carbocycles. The molecule has 0 unspecified atom stereocenters. The van der Waals surface area contributed by atoms with Gasteiger partial charge >= 0.3 is 5.97 Å². The summed E-state index contributed by atoms with van der Waals surface area (Å²) in [5.41, 5.74) is 3.68. The molecule has 0 bridgehead atoms. The van der Waals surface area contributed by atoms with Crippen LogP contribution in [0.4, 0.5) is 0 Å². The maximum absolute atomic E-state index is 10.7. The molecule has 0 saturated carbocycles. The Hall–Kier alpha value is -1.68. The number of rotatable bonds is 4. The fourth-order valence-electron chi connectivity index (χ4n) is 1.82. The van der Waals surface area contributed by atoms with Crippen LogP contribution in [0, 0.1) is 13.8 Å². The van der Waals surface area contributed by atoms with Crippen molar-refractivity contribution in [3.63, 3.8) is 0 Å². The summed E-state index contributed by atoms with van der Waals surface area (Å²) >= 11 is 1.50. The van der Waals surface area contributed by atoms with Crippen LogP contribution in [0.2, 0.25) is 0 Å². The molecule has 94 valence electrons. The Labute approximate surface area is 110 Å². The molecule has 0 aliphatic rings. The van der Waals surface area contributed by atoms with Crippen molar-refractivity contribution in [1.82, 2.24) is 0 Å². The van der Waals surface area contributed by atoms with Gasteiger partial charge in [-0.15, -0.1) is 0 Å². The SMILES string of the molecule is Cc1cc(C)cc(CSc2ccc(C(=O)O)o2)c1. The van der Waals surface area contributed by atoms with E-state index in [1.165, 1.54) is 34.5 Å². The Morgan fingerprint density at radius 3 is 2.44 bits per heavy atom. The van der Waals surface area contributed by atoms with Gasteiger partial charge < -0.3 is 9.52 Å². The average Bonchev–Trinajstić information content (AvgIpc) is 2.73. The summed E-state index contributed by atoms with van der Waals surface area (Å²) < 4.78 is 5.19. The highest BCUT2D eigenvalue weighted by Gasteiger charge is 2.09. The Morgan fingerprint density at radius 1 is 1.22 bits per heavy atom. The molecule has 0 spiro atoms. The Balaban J connectivity index is 2.04. The summed E-state index contributed by atoms with van der Waals surface area (Å²) in [5, 5.41) is 9.38. The molecule has 0 amide bonds. The van der Waals surface area contributed by atoms with E-state index in [2.05, 4.69) is 32.0 Å². The van der Waals surface area contributed by atoms with Crippen molar-refractivity contribution in [2.24, 2.45) is 0 Å². The monoisotopic (exact) mass is 262 g/mol. The number of carboxylic acid groups (broad SMARTS) is 1. The van der Waals surface area contributed by atoms with E-state index in [0.29, 0.717) is 5.09 Å². The van der Waals surface area contributed by atoms with Gasteiger partial charge in [-0.1, -0.05) is 41.1 Å². The molecule has 1 N–H and O–H groups in total. The Kier molecular flexibility index (Phi) is 3.77. The third kappa shape index (κ3) is 3.17. The molecule has 0 radical (unpaired) electrons. The molecular formula is C14H14O3S. The van der Waals surface area contributed by atoms with Gasteiger partial charge in [0.2, 0.25) is 5.76 Å². The molecule has 1 heterocycles. The van der Waals surface area contributed by atoms with E-state index in [1.807, 2.05) is 0 Å². The predicted octanol–water partition coefficient (Wildman–Crippen LogP) is 3.89. The lowest BCUT2D eigenvalue weighted by atomic mass is 10.1. The molecule has 0 fully saturated rings. The predicted molar refractivity (Wildman–Crippen MR) is 71.1 cm³/mol. The maximum Gasteiger partial charge on any atom is 0.371 e. The fraction of sp³-hybridized carbons (Fsp3) is 0.214. The molecule has 0 saturated heterocycles. The van der Waals surface area contributed by atoms with Gasteiger partial charge in [0, 0.05) is 5.75 Å². The third-order valence-corrected chi connectivity index (χ3v) is 3.44. The zero-order chi connectivity index (χ0) is 13.1. The van der Waals surface area contributed by atoms with Crippen LogP contribution in [0.5, 0.6) is 0 Å². The number of benzene rings is 1. The molecule has 0 atom stereocenters. The lowest BCUT2D eigenvalue weighted by molar-refractivity contribution is 0.0656. The quantitative estimate of drug-likeness (QED) is 0.849. The zero-order valence-electron chi connectivity index (χ0n) is 10.3. The summed E-state index contributed by atoms with van der Waals surface area (Å²) in [5.74, 6) is -0.277. The number of thioether (sulfide) groups is 1. The van der Waals surface area contributed by atoms with E-state index in [0.717, 1.165) is 5.75 Å². The molecule has 2 rings (SSSR count). The van der Waals surface area contributed by atoms with Crippen LogP contribution in [-0.2, 0) is 5.75 Å². The van der Waals surface area contributed by atoms with Crippen molar-refractivity contribution in [3.05, 3.63) is 52.8 Å². The van der Waals surface area contributed by atoms with Gasteiger partial charge in [0.15, 0.2) is 5.09 Å². The van der Waals surface area contributed by atoms with Crippen molar-refractivity contribution in [1.29, 1.82) is 0 Å². The molecule has 2 aromatic rings. The topological polar surface area (TPSA) is 50.4 Å². The van der Waals surface area contributed by atoms with Crippen LogP contribution in [-0.4, -0.2) is 11.1 Å². The van der Waals surface area contributed by atoms with E-state index in [9.17, 15) is 4.79 Å². The molecule has 0 aliphatic heterocycles. The Morgan fingerprint density at radius 2 is 1.89 bits per heavy atom. The van der Waals surface area contributed by atoms with Gasteiger partial charge in [-0.05, 0) is 31.5 Å². The van der Waals surface area contributed by atoms with Crippen LogP contribution < -0.4 is 0 Å². The minimum Gasteiger partial charge on any atom is -0.475 e. The zero-order valence-corrected chi connectivity index (χ0v) is 11.1. The van der Waals surface area contributed by atoms with Crippen LogP contribution in [0.25, 0.3) is 0 Å². The van der Waals surface area contributed by atoms with Crippen LogP contribution in [0.1, 0.15) is 27.2 Å². The maximum atomic E-state index is 10.7. The van der Waals surface area contributed by atoms with Crippen LogP contribution in [0.15, 0.2) is 39.8 Å². The number of hydrogen-bond donors (Lipinski definition) is 1. The van der Waals surface area contributed by atoms with Gasteiger partial charge in [-0.25, -0.2) is 4.79 Å². The molecule has 0 aliphatic carbocycles. The van der Waals surface area contributed by atoms with Gasteiger partial charge in [0.05, 0.1) is 0 Å². The summed E-state index contributed by atoms with van der Waals surface area (Å²) in [6.45, 7) is 4.13. The second-order valence-corrected chi connectivity index (χ2v) is 5.19. The Bertz CT molecular complexity index is 552. The summed E-state index contributed by atoms with van der Waals surface area (Å²) in [6.07, 6.45) is 0. The lowest BCUT2D eigenvalue weighted by Gasteiger charge is -2.03. The van der Waals surface area contributed by atoms with Crippen molar-refractivity contribution < 1.29 is 14.3 Å². The van der Waals surface area contributed by atoms with E-state index in [1.54, 1.807) is 6.07 Å². The van der Waals surface area contributed by atoms with E-state index in [-0.39, 0.29) is 5.76 Å². The van der Waals surface area contributed by atoms with Crippen molar-refractivity contribution in [3.8, 4) is 0 Å². The highest BCUT2D eigenvalue weighted by molar-refractivity contribution is 7.98. The summed E-state index contributed by atoms with van der Waals surface area (Å²) in [7, 11) is 0. The number of aryl methyl sites for hydroxylation is 2. The number of carbonyl (C=O) groups is 1. The normalized spacial score (nSPS) is 10.6. The van der Waals surface area contributed by atoms with Crippen LogP contribution >= 0.6 is 11.8 Å². The van der Waals surface area contributed by atoms with Gasteiger partial charge in [-0.3, -0.25) is 0 Å². The second-order valence-electron chi connectivity index (χ2n) is 4.21. The van der Waals surface area contributed by atoms with Crippen molar-refractivity contribution >= 4 is 17.7 Å². The van der Waals surface area contributed by atoms with E-state index in [4.69, 9.17) is 9.52 Å². The van der Waals surface area contributed by atoms with Gasteiger partial charge in [0.1, 0.15) is 0 Å². The number of hydrogen-bond acceptors (Lipinski definition) is 3. The molecule has 1 aromatic heterocycles. The molecular weight excluding hydrogens is 248 g/mol. The van der Waals surface area contributed by atoms with Crippen molar-refractivity contribution in [2.75, 3.05) is 0 Å². The van der Waals surface area contributed by atoms with E-state index < -0.39 is 5.97 Å². The summed E-state index contributed by atoms with van der Waals surface area (Å²) in [4.78, 5) is 10.7. The second kappa shape index (κ2) is 5.31. The smallest absolute Gasteiger partial charge is 0.371 e. The standard InChI is InChI=1S/C14H14O3S/c1-9-5-10(2)7-11(6-9)8-18-13-4-3-12(17-13)14(15)16/h3-7H,8H2,1-2H3,(H,15,16). The minimum atomic E-state index is -1.03. The molecule has 3 nitrogen and oxygen atoms in total. The number of aromatic carboxylic acids is 1. The van der Waals surface area contributed by atoms with Gasteiger partial charge in [0.25, 0.3) is 0 Å². The highest BCUT2D eigenvalue weighted by Crippen LogP contribution is 2.25. The minimum absolute atomic E-state index is 0.0158. The first-order valence-corrected chi connectivity index (χ1v) is 6.56. The van der Waals surface area contributed by atoms with Gasteiger partial charge in [-0.2, -0.15) is 0 Å². The first-order valence-electron chi connectivity index (χ1n) is 5.58. The highest BCUT2D eigenvalue weighted by atomic mass is 32.2. The largest absolute Gasteiger partial charge is 0.475 e. The third-order valence-electron chi connectivity index (χ3n) is 2.45. The lowest BCUT2D eigenvalue weighted by Crippen LogP contribution is -1.91. The van der Waals surface area contributed by atoms with Crippen molar-refractivity contribution in [2.45, 2.75) is 24.7 Å². The molecule has 4 heteroatoms. The number of carboxylic acids is 1. The van der Waals surface area contributed by atoms with Crippen LogP contribution in [0.3, 0.4) is 0 Å². The average molecular weight is 262 g/mol. The fourth-order valence-corrected chi connectivity index (χ4v) is 2.61. The van der Waals surface area contributed by atoms with E-state index >= 15 is 0 Å². The summed E-state index contributed by atoms with van der Waals surface area (Å²) in [6, 6.07) is 9.55. The first kappa shape index (κ1) is 12.8. The number of furan rings is 1.